The second-order valence-corrected chi connectivity index (χ2v) is 6.98. The van der Waals surface area contributed by atoms with E-state index in [1.165, 1.54) is 18.4 Å². The van der Waals surface area contributed by atoms with Crippen LogP contribution in [0.3, 0.4) is 0 Å². The van der Waals surface area contributed by atoms with E-state index in [4.69, 9.17) is 4.74 Å². The highest BCUT2D eigenvalue weighted by Gasteiger charge is 2.32. The molecule has 2 aromatic heterocycles. The summed E-state index contributed by atoms with van der Waals surface area (Å²) in [5, 5.41) is 9.95. The van der Waals surface area contributed by atoms with Crippen LogP contribution in [0, 0.1) is 6.92 Å². The largest absolute Gasteiger partial charge is 0.378 e. The Morgan fingerprint density at radius 2 is 2.09 bits per heavy atom. The molecule has 7 heteroatoms. The lowest BCUT2D eigenvalue weighted by molar-refractivity contribution is 0.121. The van der Waals surface area contributed by atoms with E-state index in [1.54, 1.807) is 11.8 Å². The first kappa shape index (κ1) is 15.0. The first-order valence-electron chi connectivity index (χ1n) is 8.14. The molecule has 2 aliphatic rings. The molecule has 6 nitrogen and oxygen atoms in total. The van der Waals surface area contributed by atoms with Gasteiger partial charge in [-0.25, -0.2) is 0 Å². The number of hydrogen-bond acceptors (Lipinski definition) is 6. The average Bonchev–Trinajstić information content (AvgIpc) is 3.34. The monoisotopic (exact) mass is 331 g/mol. The predicted molar refractivity (Wildman–Crippen MR) is 89.9 cm³/mol. The second-order valence-electron chi connectivity index (χ2n) is 6.04. The molecule has 23 heavy (non-hydrogen) atoms. The Bertz CT molecular complexity index is 679. The lowest BCUT2D eigenvalue weighted by atomic mass is 10.2. The molecule has 2 aromatic rings. The van der Waals surface area contributed by atoms with Crippen LogP contribution >= 0.6 is 11.8 Å². The number of anilines is 1. The number of morpholine rings is 1. The number of rotatable bonds is 5. The summed E-state index contributed by atoms with van der Waals surface area (Å²) in [6, 6.07) is 4.65. The first-order chi connectivity index (χ1) is 11.3. The standard InChI is InChI=1S/C16H21N5OS/c1-12-3-2-6-17-14(12)11-23-16-19-18-15(21(16)13-4-5-13)20-7-9-22-10-8-20/h2-3,6,13H,4-5,7-11H2,1H3. The molecule has 122 valence electrons. The zero-order chi connectivity index (χ0) is 15.6. The molecule has 0 unspecified atom stereocenters. The molecule has 0 atom stereocenters. The summed E-state index contributed by atoms with van der Waals surface area (Å²) >= 11 is 1.74. The fourth-order valence-corrected chi connectivity index (χ4v) is 3.84. The zero-order valence-electron chi connectivity index (χ0n) is 13.3. The highest BCUT2D eigenvalue weighted by atomic mass is 32.2. The van der Waals surface area contributed by atoms with Crippen molar-refractivity contribution < 1.29 is 4.74 Å². The fourth-order valence-electron chi connectivity index (χ4n) is 2.80. The van der Waals surface area contributed by atoms with E-state index in [9.17, 15) is 0 Å². The Labute approximate surface area is 140 Å². The summed E-state index contributed by atoms with van der Waals surface area (Å²) in [6.45, 7) is 5.44. The van der Waals surface area contributed by atoms with E-state index in [1.807, 2.05) is 12.3 Å². The van der Waals surface area contributed by atoms with Crippen molar-refractivity contribution >= 4 is 17.7 Å². The van der Waals surface area contributed by atoms with Gasteiger partial charge in [0.2, 0.25) is 5.95 Å². The van der Waals surface area contributed by atoms with Crippen molar-refractivity contribution in [1.29, 1.82) is 0 Å². The van der Waals surface area contributed by atoms with Crippen LogP contribution in [-0.4, -0.2) is 46.1 Å². The van der Waals surface area contributed by atoms with E-state index >= 15 is 0 Å². The molecule has 1 saturated carbocycles. The number of thioether (sulfide) groups is 1. The Morgan fingerprint density at radius 1 is 1.26 bits per heavy atom. The summed E-state index contributed by atoms with van der Waals surface area (Å²) in [6.07, 6.45) is 4.31. The summed E-state index contributed by atoms with van der Waals surface area (Å²) in [7, 11) is 0. The molecule has 1 aliphatic heterocycles. The van der Waals surface area contributed by atoms with Gasteiger partial charge in [0.15, 0.2) is 5.16 Å². The number of nitrogens with zero attached hydrogens (tertiary/aromatic N) is 5. The van der Waals surface area contributed by atoms with Crippen LogP contribution in [0.15, 0.2) is 23.5 Å². The van der Waals surface area contributed by atoms with Gasteiger partial charge >= 0.3 is 0 Å². The highest BCUT2D eigenvalue weighted by Crippen LogP contribution is 2.41. The number of aryl methyl sites for hydroxylation is 1. The Hall–Kier alpha value is -1.60. The molecule has 0 radical (unpaired) electrons. The van der Waals surface area contributed by atoms with Crippen molar-refractivity contribution in [2.75, 3.05) is 31.2 Å². The molecular formula is C16H21N5OS. The molecule has 0 amide bonds. The molecular weight excluding hydrogens is 310 g/mol. The minimum atomic E-state index is 0.565. The number of hydrogen-bond donors (Lipinski definition) is 0. The third-order valence-electron chi connectivity index (χ3n) is 4.31. The van der Waals surface area contributed by atoms with E-state index in [0.29, 0.717) is 6.04 Å². The van der Waals surface area contributed by atoms with Gasteiger partial charge in [0.05, 0.1) is 18.9 Å². The third kappa shape index (κ3) is 3.21. The van der Waals surface area contributed by atoms with Gasteiger partial charge < -0.3 is 9.64 Å². The molecule has 3 heterocycles. The third-order valence-corrected chi connectivity index (χ3v) is 5.26. The van der Waals surface area contributed by atoms with Crippen LogP contribution in [0.1, 0.15) is 30.1 Å². The average molecular weight is 331 g/mol. The first-order valence-corrected chi connectivity index (χ1v) is 9.12. The summed E-state index contributed by atoms with van der Waals surface area (Å²) < 4.78 is 7.78. The van der Waals surface area contributed by atoms with Gasteiger partial charge in [-0.1, -0.05) is 17.8 Å². The van der Waals surface area contributed by atoms with E-state index in [0.717, 1.165) is 48.9 Å². The molecule has 0 N–H and O–H groups in total. The summed E-state index contributed by atoms with van der Waals surface area (Å²) in [4.78, 5) is 6.77. The Kier molecular flexibility index (Phi) is 4.22. The van der Waals surface area contributed by atoms with Gasteiger partial charge in [0, 0.05) is 31.1 Å². The maximum absolute atomic E-state index is 5.45. The van der Waals surface area contributed by atoms with Gasteiger partial charge in [0.25, 0.3) is 0 Å². The summed E-state index contributed by atoms with van der Waals surface area (Å²) in [5.74, 6) is 1.84. The van der Waals surface area contributed by atoms with Gasteiger partial charge in [-0.15, -0.1) is 10.2 Å². The van der Waals surface area contributed by atoms with Crippen LogP contribution in [0.4, 0.5) is 5.95 Å². The molecule has 1 aliphatic carbocycles. The highest BCUT2D eigenvalue weighted by molar-refractivity contribution is 7.98. The second kappa shape index (κ2) is 6.49. The number of aromatic nitrogens is 4. The van der Waals surface area contributed by atoms with Gasteiger partial charge in [0.1, 0.15) is 0 Å². The molecule has 0 bridgehead atoms. The van der Waals surface area contributed by atoms with Crippen LogP contribution in [0.25, 0.3) is 0 Å². The molecule has 0 aromatic carbocycles. The molecule has 2 fully saturated rings. The van der Waals surface area contributed by atoms with E-state index in [-0.39, 0.29) is 0 Å². The minimum absolute atomic E-state index is 0.565. The van der Waals surface area contributed by atoms with Crippen molar-refractivity contribution in [2.24, 2.45) is 0 Å². The van der Waals surface area contributed by atoms with Gasteiger partial charge in [-0.3, -0.25) is 9.55 Å². The Morgan fingerprint density at radius 3 is 2.83 bits per heavy atom. The quantitative estimate of drug-likeness (QED) is 0.785. The Balaban J connectivity index is 1.54. The van der Waals surface area contributed by atoms with Crippen LogP contribution < -0.4 is 4.90 Å². The fraction of sp³-hybridized carbons (Fsp3) is 0.562. The van der Waals surface area contributed by atoms with Crippen molar-refractivity contribution in [3.63, 3.8) is 0 Å². The van der Waals surface area contributed by atoms with Crippen molar-refractivity contribution in [3.8, 4) is 0 Å². The molecule has 1 saturated heterocycles. The summed E-state index contributed by atoms with van der Waals surface area (Å²) in [5.41, 5.74) is 2.35. The van der Waals surface area contributed by atoms with Crippen molar-refractivity contribution in [1.82, 2.24) is 19.7 Å². The topological polar surface area (TPSA) is 56.1 Å². The molecule has 4 rings (SSSR count). The zero-order valence-corrected chi connectivity index (χ0v) is 14.1. The van der Waals surface area contributed by atoms with Gasteiger partial charge in [-0.05, 0) is 31.4 Å². The van der Waals surface area contributed by atoms with Crippen LogP contribution in [0.5, 0.6) is 0 Å². The predicted octanol–water partition coefficient (Wildman–Crippen LogP) is 2.45. The smallest absolute Gasteiger partial charge is 0.228 e. The number of ether oxygens (including phenoxy) is 1. The van der Waals surface area contributed by atoms with E-state index in [2.05, 4.69) is 37.6 Å². The normalized spacial score (nSPS) is 18.4. The molecule has 0 spiro atoms. The van der Waals surface area contributed by atoms with Crippen molar-refractivity contribution in [3.05, 3.63) is 29.6 Å². The SMILES string of the molecule is Cc1cccnc1CSc1nnc(N2CCOCC2)n1C1CC1. The lowest BCUT2D eigenvalue weighted by Crippen LogP contribution is -2.38. The van der Waals surface area contributed by atoms with Crippen molar-refractivity contribution in [2.45, 2.75) is 36.7 Å². The van der Waals surface area contributed by atoms with Crippen LogP contribution in [0.2, 0.25) is 0 Å². The number of pyridine rings is 1. The van der Waals surface area contributed by atoms with Gasteiger partial charge in [-0.2, -0.15) is 0 Å². The minimum Gasteiger partial charge on any atom is -0.378 e. The van der Waals surface area contributed by atoms with Crippen LogP contribution in [-0.2, 0) is 10.5 Å². The lowest BCUT2D eigenvalue weighted by Gasteiger charge is -2.27. The maximum Gasteiger partial charge on any atom is 0.228 e. The van der Waals surface area contributed by atoms with E-state index < -0.39 is 0 Å². The maximum atomic E-state index is 5.45.